The van der Waals surface area contributed by atoms with E-state index in [1.54, 1.807) is 0 Å². The number of hydrogen-bond donors (Lipinski definition) is 0. The van der Waals surface area contributed by atoms with Crippen LogP contribution in [0, 0.1) is 0 Å². The molecular formula is C20H56. The second kappa shape index (κ2) is 171. The lowest BCUT2D eigenvalue weighted by Gasteiger charge is -1.68. The molecule has 0 aliphatic carbocycles. The fourth-order valence-corrected chi connectivity index (χ4v) is 0. The van der Waals surface area contributed by atoms with Gasteiger partial charge in [-0.2, -0.15) is 0 Å². The quantitative estimate of drug-likeness (QED) is 0.475. The summed E-state index contributed by atoms with van der Waals surface area (Å²) in [6, 6.07) is 0. The van der Waals surface area contributed by atoms with E-state index in [1.807, 2.05) is 27.7 Å². The van der Waals surface area contributed by atoms with Crippen LogP contribution in [0.5, 0.6) is 0 Å². The molecule has 0 aliphatic heterocycles. The maximum Gasteiger partial charge on any atom is -0.0564 e. The Kier molecular flexibility index (Phi) is 429. The minimum Gasteiger partial charge on any atom is -0.0776 e. The first kappa shape index (κ1) is 50.1. The molecule has 0 fully saturated rings. The van der Waals surface area contributed by atoms with Crippen molar-refractivity contribution in [3.05, 3.63) is 0 Å². The molecule has 0 heterocycles. The minimum atomic E-state index is 0. The maximum absolute atomic E-state index is 2.18. The highest BCUT2D eigenvalue weighted by atomic mass is 13.6. The highest BCUT2D eigenvalue weighted by Crippen LogP contribution is 1.77. The molecule has 0 N–H and O–H groups in total. The van der Waals surface area contributed by atoms with E-state index in [0.717, 1.165) is 0 Å². The SMILES string of the molecule is C.C.CC.CC.CCC.CCC.CCCC.CCCC. The lowest BCUT2D eigenvalue weighted by atomic mass is 10.4. The first-order chi connectivity index (χ1) is 8.66. The Morgan fingerprint density at radius 1 is 0.350 bits per heavy atom. The molecule has 0 amide bonds. The Morgan fingerprint density at radius 2 is 0.400 bits per heavy atom. The summed E-state index contributed by atoms with van der Waals surface area (Å²) in [5.41, 5.74) is 0. The number of rotatable bonds is 2. The fraction of sp³-hybridized carbons (Fsp3) is 1.00. The number of unbranched alkanes of at least 4 members (excludes halogenated alkanes) is 2. The molecule has 0 aromatic carbocycles. The summed E-state index contributed by atoms with van der Waals surface area (Å²) in [5, 5.41) is 0. The van der Waals surface area contributed by atoms with Gasteiger partial charge >= 0.3 is 0 Å². The predicted molar refractivity (Wildman–Crippen MR) is 109 cm³/mol. The second-order valence-electron chi connectivity index (χ2n) is 3.41. The van der Waals surface area contributed by atoms with E-state index in [9.17, 15) is 0 Å². The average molecular weight is 297 g/mol. The second-order valence-corrected chi connectivity index (χ2v) is 3.41. The van der Waals surface area contributed by atoms with Gasteiger partial charge in [-0.1, -0.05) is 136 Å². The molecule has 0 atom stereocenters. The zero-order valence-corrected chi connectivity index (χ0v) is 16.2. The summed E-state index contributed by atoms with van der Waals surface area (Å²) in [7, 11) is 0. The van der Waals surface area contributed by atoms with Crippen LogP contribution in [0.15, 0.2) is 0 Å². The normalized spacial score (nSPS) is 5.40. The van der Waals surface area contributed by atoms with E-state index < -0.39 is 0 Å². The fourth-order valence-electron chi connectivity index (χ4n) is 0. The highest BCUT2D eigenvalue weighted by molar-refractivity contribution is 4.13. The first-order valence-corrected chi connectivity index (χ1v) is 8.66. The van der Waals surface area contributed by atoms with Crippen LogP contribution in [-0.2, 0) is 0 Å². The van der Waals surface area contributed by atoms with Crippen LogP contribution >= 0.6 is 0 Å². The molecule has 0 saturated heterocycles. The van der Waals surface area contributed by atoms with E-state index in [1.165, 1.54) is 38.5 Å². The van der Waals surface area contributed by atoms with E-state index in [0.29, 0.717) is 0 Å². The van der Waals surface area contributed by atoms with Crippen molar-refractivity contribution in [1.82, 2.24) is 0 Å². The Balaban J connectivity index is -0.0000000144. The Morgan fingerprint density at radius 3 is 0.400 bits per heavy atom. The van der Waals surface area contributed by atoms with Crippen molar-refractivity contribution in [2.45, 2.75) is 136 Å². The van der Waals surface area contributed by atoms with Crippen molar-refractivity contribution in [3.8, 4) is 0 Å². The van der Waals surface area contributed by atoms with Crippen LogP contribution in [0.25, 0.3) is 0 Å². The van der Waals surface area contributed by atoms with Crippen molar-refractivity contribution in [2.24, 2.45) is 0 Å². The third-order valence-electron chi connectivity index (χ3n) is 1.000. The molecule has 0 saturated carbocycles. The summed E-state index contributed by atoms with van der Waals surface area (Å²) in [6.45, 7) is 25.2. The van der Waals surface area contributed by atoms with E-state index in [2.05, 4.69) is 55.4 Å². The van der Waals surface area contributed by atoms with Gasteiger partial charge in [0.1, 0.15) is 0 Å². The van der Waals surface area contributed by atoms with Gasteiger partial charge < -0.3 is 0 Å². The van der Waals surface area contributed by atoms with E-state index >= 15 is 0 Å². The van der Waals surface area contributed by atoms with Gasteiger partial charge in [-0.25, -0.2) is 0 Å². The molecule has 0 bridgehead atoms. The van der Waals surface area contributed by atoms with Gasteiger partial charge in [0.05, 0.1) is 0 Å². The Hall–Kier alpha value is 0. The molecule has 0 unspecified atom stereocenters. The molecule has 0 aromatic rings. The van der Waals surface area contributed by atoms with Crippen molar-refractivity contribution >= 4 is 0 Å². The third-order valence-corrected chi connectivity index (χ3v) is 1.000. The van der Waals surface area contributed by atoms with Crippen LogP contribution in [0.1, 0.15) is 136 Å². The summed E-state index contributed by atoms with van der Waals surface area (Å²) >= 11 is 0. The molecule has 0 radical (unpaired) electrons. The van der Waals surface area contributed by atoms with Gasteiger partial charge in [-0.15, -0.1) is 0 Å². The highest BCUT2D eigenvalue weighted by Gasteiger charge is 1.56. The summed E-state index contributed by atoms with van der Waals surface area (Å²) in [6.07, 6.45) is 7.78. The zero-order valence-electron chi connectivity index (χ0n) is 16.2. The van der Waals surface area contributed by atoms with Crippen molar-refractivity contribution < 1.29 is 0 Å². The summed E-state index contributed by atoms with van der Waals surface area (Å²) in [4.78, 5) is 0. The van der Waals surface area contributed by atoms with Gasteiger partial charge in [0.15, 0.2) is 0 Å². The largest absolute Gasteiger partial charge is 0.0776 e. The summed E-state index contributed by atoms with van der Waals surface area (Å²) in [5.74, 6) is 0. The van der Waals surface area contributed by atoms with Gasteiger partial charge in [-0.05, 0) is 0 Å². The van der Waals surface area contributed by atoms with Crippen LogP contribution < -0.4 is 0 Å². The molecule has 20 heavy (non-hydrogen) atoms. The van der Waals surface area contributed by atoms with Crippen molar-refractivity contribution in [3.63, 3.8) is 0 Å². The molecule has 0 rings (SSSR count). The van der Waals surface area contributed by atoms with E-state index in [4.69, 9.17) is 0 Å². The maximum atomic E-state index is 2.18. The Labute approximate surface area is 137 Å². The lowest BCUT2D eigenvalue weighted by Crippen LogP contribution is -1.47. The standard InChI is InChI=1S/2C4H10.2C3H8.2C2H6.2CH4/c2*1-3-4-2;2*1-3-2;2*1-2;;/h2*3-4H2,1-2H3;2*3H2,1-2H3;2*1-2H3;2*1H4. The van der Waals surface area contributed by atoms with Gasteiger partial charge in [0, 0.05) is 0 Å². The molecule has 0 heteroatoms. The third kappa shape index (κ3) is 1300. The van der Waals surface area contributed by atoms with Crippen LogP contribution in [0.3, 0.4) is 0 Å². The van der Waals surface area contributed by atoms with E-state index in [-0.39, 0.29) is 14.9 Å². The van der Waals surface area contributed by atoms with Gasteiger partial charge in [0.25, 0.3) is 0 Å². The van der Waals surface area contributed by atoms with Crippen LogP contribution in [0.4, 0.5) is 0 Å². The van der Waals surface area contributed by atoms with Crippen LogP contribution in [0.2, 0.25) is 0 Å². The molecule has 0 aliphatic rings. The first-order valence-electron chi connectivity index (χ1n) is 8.66. The molecule has 0 aromatic heterocycles. The topological polar surface area (TPSA) is 0 Å². The molecule has 136 valence electrons. The van der Waals surface area contributed by atoms with Gasteiger partial charge in [0.2, 0.25) is 0 Å². The smallest absolute Gasteiger partial charge is 0.0564 e. The summed E-state index contributed by atoms with van der Waals surface area (Å²) < 4.78 is 0. The lowest BCUT2D eigenvalue weighted by molar-refractivity contribution is 0.886. The number of hydrogen-bond acceptors (Lipinski definition) is 0. The molecular weight excluding hydrogens is 240 g/mol. The Bertz CT molecular complexity index is 21.0. The van der Waals surface area contributed by atoms with Crippen molar-refractivity contribution in [1.29, 1.82) is 0 Å². The predicted octanol–water partition coefficient (Wildman–Crippen LogP) is 9.77. The minimum absolute atomic E-state index is 0. The van der Waals surface area contributed by atoms with Crippen LogP contribution in [-0.4, -0.2) is 0 Å². The average Bonchev–Trinajstić information content (AvgIpc) is 2.45. The monoisotopic (exact) mass is 296 g/mol. The van der Waals surface area contributed by atoms with Gasteiger partial charge in [-0.3, -0.25) is 0 Å². The zero-order chi connectivity index (χ0) is 16.2. The molecule has 0 nitrogen and oxygen atoms in total. The van der Waals surface area contributed by atoms with Crippen molar-refractivity contribution in [2.75, 3.05) is 0 Å². The molecule has 0 spiro atoms.